The van der Waals surface area contributed by atoms with Gasteiger partial charge in [-0.3, -0.25) is 4.79 Å². The van der Waals surface area contributed by atoms with Crippen molar-refractivity contribution in [2.24, 2.45) is 5.73 Å². The summed E-state index contributed by atoms with van der Waals surface area (Å²) in [7, 11) is 0. The average Bonchev–Trinajstić information content (AvgIpc) is 2.86. The van der Waals surface area contributed by atoms with Crippen LogP contribution in [-0.2, 0) is 6.54 Å². The molecule has 1 aromatic rings. The number of nitrogens with one attached hydrogen (secondary N) is 1. The standard InChI is InChI=1S/C15H22N2OS/c1-2-19-14-5-3-4-13(14)17-15(18)12-8-6-11(10-16)7-9-12/h6-9,13-14H,2-5,10,16H2,1H3,(H,17,18). The molecule has 104 valence electrons. The van der Waals surface area contributed by atoms with Gasteiger partial charge >= 0.3 is 0 Å². The van der Waals surface area contributed by atoms with E-state index in [9.17, 15) is 4.79 Å². The Balaban J connectivity index is 1.95. The van der Waals surface area contributed by atoms with Crippen LogP contribution < -0.4 is 11.1 Å². The Labute approximate surface area is 119 Å². The summed E-state index contributed by atoms with van der Waals surface area (Å²) in [5.41, 5.74) is 7.34. The molecule has 2 atom stereocenters. The summed E-state index contributed by atoms with van der Waals surface area (Å²) in [5, 5.41) is 3.76. The zero-order valence-corrected chi connectivity index (χ0v) is 12.2. The number of thioether (sulfide) groups is 1. The third-order valence-corrected chi connectivity index (χ3v) is 4.93. The summed E-state index contributed by atoms with van der Waals surface area (Å²) >= 11 is 1.96. The van der Waals surface area contributed by atoms with E-state index in [0.717, 1.165) is 23.3 Å². The molecule has 1 aliphatic rings. The lowest BCUT2D eigenvalue weighted by atomic mass is 10.1. The quantitative estimate of drug-likeness (QED) is 0.870. The fraction of sp³-hybridized carbons (Fsp3) is 0.533. The second-order valence-electron chi connectivity index (χ2n) is 4.91. The highest BCUT2D eigenvalue weighted by Gasteiger charge is 2.28. The molecule has 2 rings (SSSR count). The molecular formula is C15H22N2OS. The lowest BCUT2D eigenvalue weighted by molar-refractivity contribution is 0.0938. The van der Waals surface area contributed by atoms with Crippen molar-refractivity contribution in [1.82, 2.24) is 5.32 Å². The second-order valence-corrected chi connectivity index (χ2v) is 6.42. The first-order chi connectivity index (χ1) is 9.24. The Morgan fingerprint density at radius 2 is 2.11 bits per heavy atom. The van der Waals surface area contributed by atoms with E-state index in [2.05, 4.69) is 12.2 Å². The first kappa shape index (κ1) is 14.4. The topological polar surface area (TPSA) is 55.1 Å². The van der Waals surface area contributed by atoms with Crippen molar-refractivity contribution in [2.75, 3.05) is 5.75 Å². The maximum absolute atomic E-state index is 12.2. The van der Waals surface area contributed by atoms with E-state index in [1.54, 1.807) is 0 Å². The van der Waals surface area contributed by atoms with Gasteiger partial charge in [-0.25, -0.2) is 0 Å². The minimum atomic E-state index is 0.0391. The largest absolute Gasteiger partial charge is 0.348 e. The van der Waals surface area contributed by atoms with Crippen molar-refractivity contribution in [3.05, 3.63) is 35.4 Å². The van der Waals surface area contributed by atoms with E-state index < -0.39 is 0 Å². The van der Waals surface area contributed by atoms with Crippen LogP contribution >= 0.6 is 11.8 Å². The summed E-state index contributed by atoms with van der Waals surface area (Å²) < 4.78 is 0. The maximum Gasteiger partial charge on any atom is 0.251 e. The highest BCUT2D eigenvalue weighted by molar-refractivity contribution is 7.99. The molecule has 0 radical (unpaired) electrons. The number of benzene rings is 1. The summed E-state index contributed by atoms with van der Waals surface area (Å²) in [6.45, 7) is 2.69. The first-order valence-corrected chi connectivity index (χ1v) is 8.01. The molecule has 1 saturated carbocycles. The van der Waals surface area contributed by atoms with Crippen molar-refractivity contribution in [2.45, 2.75) is 44.0 Å². The van der Waals surface area contributed by atoms with Crippen molar-refractivity contribution in [3.8, 4) is 0 Å². The van der Waals surface area contributed by atoms with Gasteiger partial charge < -0.3 is 11.1 Å². The van der Waals surface area contributed by atoms with E-state index in [1.807, 2.05) is 36.0 Å². The van der Waals surface area contributed by atoms with Gasteiger partial charge in [0.1, 0.15) is 0 Å². The van der Waals surface area contributed by atoms with E-state index in [0.29, 0.717) is 17.8 Å². The van der Waals surface area contributed by atoms with Gasteiger partial charge in [-0.1, -0.05) is 25.5 Å². The van der Waals surface area contributed by atoms with E-state index >= 15 is 0 Å². The molecule has 19 heavy (non-hydrogen) atoms. The van der Waals surface area contributed by atoms with E-state index in [-0.39, 0.29) is 5.91 Å². The van der Waals surface area contributed by atoms with E-state index in [4.69, 9.17) is 5.73 Å². The Morgan fingerprint density at radius 3 is 2.74 bits per heavy atom. The molecule has 1 fully saturated rings. The van der Waals surface area contributed by atoms with Crippen LogP contribution in [0.1, 0.15) is 42.1 Å². The van der Waals surface area contributed by atoms with Gasteiger partial charge in [-0.2, -0.15) is 11.8 Å². The van der Waals surface area contributed by atoms with Gasteiger partial charge in [0, 0.05) is 23.4 Å². The summed E-state index contributed by atoms with van der Waals surface area (Å²) in [4.78, 5) is 12.2. The monoisotopic (exact) mass is 278 g/mol. The van der Waals surface area contributed by atoms with Gasteiger partial charge in [0.15, 0.2) is 0 Å². The molecule has 0 heterocycles. The number of nitrogens with two attached hydrogens (primary N) is 1. The Kier molecular flexibility index (Phi) is 5.28. The third-order valence-electron chi connectivity index (χ3n) is 3.60. The van der Waals surface area contributed by atoms with Crippen LogP contribution in [0.4, 0.5) is 0 Å². The highest BCUT2D eigenvalue weighted by atomic mass is 32.2. The van der Waals surface area contributed by atoms with Gasteiger partial charge in [0.25, 0.3) is 5.91 Å². The SMILES string of the molecule is CCSC1CCCC1NC(=O)c1ccc(CN)cc1. The average molecular weight is 278 g/mol. The number of carbonyl (C=O) groups is 1. The summed E-state index contributed by atoms with van der Waals surface area (Å²) in [6, 6.07) is 7.87. The van der Waals surface area contributed by atoms with Crippen molar-refractivity contribution in [3.63, 3.8) is 0 Å². The predicted molar refractivity (Wildman–Crippen MR) is 81.4 cm³/mol. The molecule has 0 aromatic heterocycles. The Bertz CT molecular complexity index is 419. The predicted octanol–water partition coefficient (Wildman–Crippen LogP) is 2.55. The molecule has 0 saturated heterocycles. The third kappa shape index (κ3) is 3.74. The van der Waals surface area contributed by atoms with Crippen LogP contribution in [0.5, 0.6) is 0 Å². The Morgan fingerprint density at radius 1 is 1.37 bits per heavy atom. The zero-order chi connectivity index (χ0) is 13.7. The first-order valence-electron chi connectivity index (χ1n) is 6.96. The minimum Gasteiger partial charge on any atom is -0.348 e. The van der Waals surface area contributed by atoms with Crippen molar-refractivity contribution < 1.29 is 4.79 Å². The number of hydrogen-bond acceptors (Lipinski definition) is 3. The van der Waals surface area contributed by atoms with Crippen molar-refractivity contribution in [1.29, 1.82) is 0 Å². The normalized spacial score (nSPS) is 22.4. The van der Waals surface area contributed by atoms with Crippen LogP contribution in [0.15, 0.2) is 24.3 Å². The fourth-order valence-electron chi connectivity index (χ4n) is 2.55. The summed E-state index contributed by atoms with van der Waals surface area (Å²) in [6.07, 6.45) is 3.54. The van der Waals surface area contributed by atoms with Crippen LogP contribution in [0, 0.1) is 0 Å². The summed E-state index contributed by atoms with van der Waals surface area (Å²) in [5.74, 6) is 1.15. The molecule has 3 N–H and O–H groups in total. The number of carbonyl (C=O) groups excluding carboxylic acids is 1. The molecule has 2 unspecified atom stereocenters. The highest BCUT2D eigenvalue weighted by Crippen LogP contribution is 2.30. The number of hydrogen-bond donors (Lipinski definition) is 2. The molecule has 0 aliphatic heterocycles. The molecule has 1 amide bonds. The van der Waals surface area contributed by atoms with Crippen LogP contribution in [-0.4, -0.2) is 23.0 Å². The van der Waals surface area contributed by atoms with Gasteiger partial charge in [0.2, 0.25) is 0 Å². The maximum atomic E-state index is 12.2. The molecule has 1 aliphatic carbocycles. The molecule has 0 spiro atoms. The smallest absolute Gasteiger partial charge is 0.251 e. The van der Waals surface area contributed by atoms with Crippen molar-refractivity contribution >= 4 is 17.7 Å². The molecule has 4 heteroatoms. The van der Waals surface area contributed by atoms with Crippen LogP contribution in [0.3, 0.4) is 0 Å². The van der Waals surface area contributed by atoms with Gasteiger partial charge in [-0.05, 0) is 36.3 Å². The lowest BCUT2D eigenvalue weighted by Crippen LogP contribution is -2.38. The Hall–Kier alpha value is -1.00. The zero-order valence-electron chi connectivity index (χ0n) is 11.4. The number of rotatable bonds is 5. The second kappa shape index (κ2) is 6.96. The van der Waals surface area contributed by atoms with Gasteiger partial charge in [0.05, 0.1) is 0 Å². The minimum absolute atomic E-state index is 0.0391. The number of amides is 1. The lowest BCUT2D eigenvalue weighted by Gasteiger charge is -2.20. The molecule has 1 aromatic carbocycles. The van der Waals surface area contributed by atoms with Crippen LogP contribution in [0.25, 0.3) is 0 Å². The van der Waals surface area contributed by atoms with Gasteiger partial charge in [-0.15, -0.1) is 0 Å². The molecule has 0 bridgehead atoms. The van der Waals surface area contributed by atoms with Crippen LogP contribution in [0.2, 0.25) is 0 Å². The molecule has 3 nitrogen and oxygen atoms in total. The molecular weight excluding hydrogens is 256 g/mol. The van der Waals surface area contributed by atoms with E-state index in [1.165, 1.54) is 12.8 Å². The fourth-order valence-corrected chi connectivity index (χ4v) is 3.75.